The number of halogens is 1. The molecule has 2 aromatic carbocycles. The molecule has 0 radical (unpaired) electrons. The molecule has 0 N–H and O–H groups in total. The third-order valence-electron chi connectivity index (χ3n) is 4.31. The van der Waals surface area contributed by atoms with Gasteiger partial charge in [0.15, 0.2) is 11.5 Å². The summed E-state index contributed by atoms with van der Waals surface area (Å²) in [4.78, 5) is 16.2. The molecule has 26 heavy (non-hydrogen) atoms. The van der Waals surface area contributed by atoms with Gasteiger partial charge in [0.25, 0.3) is 5.56 Å². The van der Waals surface area contributed by atoms with Crippen LogP contribution in [0.2, 0.25) is 0 Å². The Morgan fingerprint density at radius 3 is 2.46 bits per heavy atom. The molecule has 0 atom stereocenters. The van der Waals surface area contributed by atoms with Gasteiger partial charge in [-0.3, -0.25) is 4.79 Å². The number of nitrogens with zero attached hydrogens (tertiary/aromatic N) is 2. The molecule has 2 aliphatic heterocycles. The quantitative estimate of drug-likeness (QED) is 0.514. The normalized spacial score (nSPS) is 10.5. The van der Waals surface area contributed by atoms with Crippen LogP contribution in [0.25, 0.3) is 27.7 Å². The molecule has 0 bridgehead atoms. The summed E-state index contributed by atoms with van der Waals surface area (Å²) in [5, 5.41) is 0.995. The molecule has 132 valence electrons. The standard InChI is InChI=1S/C20H16N2O3.ClH/c1-24-18-8-7-13(11-19(18)25-2)22-12-16-14(9-10-21-20(16)23)15-5-3-4-6-17(15)22;/h3-12H,1-2H3;1H. The maximum absolute atomic E-state index is 12.3. The van der Waals surface area contributed by atoms with Gasteiger partial charge in [-0.05, 0) is 29.8 Å². The van der Waals surface area contributed by atoms with Crippen LogP contribution in [-0.2, 0) is 0 Å². The van der Waals surface area contributed by atoms with Crippen LogP contribution in [0, 0.1) is 0 Å². The molecule has 0 aromatic heterocycles. The molecule has 0 amide bonds. The topological polar surface area (TPSA) is 53.4 Å². The number of pyridine rings is 2. The number of rotatable bonds is 3. The van der Waals surface area contributed by atoms with Crippen LogP contribution in [0.3, 0.4) is 0 Å². The van der Waals surface area contributed by atoms with Crippen molar-refractivity contribution in [2.24, 2.45) is 0 Å². The molecule has 2 aliphatic rings. The third kappa shape index (κ3) is 2.76. The van der Waals surface area contributed by atoms with Crippen molar-refractivity contribution >= 4 is 23.3 Å². The van der Waals surface area contributed by atoms with E-state index in [2.05, 4.69) is 4.98 Å². The highest BCUT2D eigenvalue weighted by atomic mass is 35.5. The summed E-state index contributed by atoms with van der Waals surface area (Å²) in [6, 6.07) is 15.5. The fourth-order valence-corrected chi connectivity index (χ4v) is 3.11. The number of hydrogen-bond donors (Lipinski definition) is 0. The van der Waals surface area contributed by atoms with E-state index in [-0.39, 0.29) is 18.0 Å². The van der Waals surface area contributed by atoms with Gasteiger partial charge in [-0.25, -0.2) is 4.98 Å². The molecule has 0 unspecified atom stereocenters. The second kappa shape index (κ2) is 7.06. The first-order chi connectivity index (χ1) is 12.2. The molecule has 0 saturated heterocycles. The Kier molecular flexibility index (Phi) is 4.82. The van der Waals surface area contributed by atoms with E-state index in [1.807, 2.05) is 59.3 Å². The zero-order valence-corrected chi connectivity index (χ0v) is 15.1. The number of methoxy groups -OCH3 is 2. The van der Waals surface area contributed by atoms with E-state index in [9.17, 15) is 4.79 Å². The molecule has 0 saturated carbocycles. The number of para-hydroxylation sites is 1. The summed E-state index contributed by atoms with van der Waals surface area (Å²) in [7, 11) is 3.20. The summed E-state index contributed by atoms with van der Waals surface area (Å²) < 4.78 is 12.7. The predicted molar refractivity (Wildman–Crippen MR) is 104 cm³/mol. The molecule has 2 aromatic rings. The second-order valence-electron chi connectivity index (χ2n) is 5.63. The van der Waals surface area contributed by atoms with Crippen LogP contribution in [0.5, 0.6) is 11.5 Å². The highest BCUT2D eigenvalue weighted by Gasteiger charge is 2.15. The fourth-order valence-electron chi connectivity index (χ4n) is 3.11. The highest BCUT2D eigenvalue weighted by Crippen LogP contribution is 2.33. The molecule has 5 nitrogen and oxygen atoms in total. The minimum atomic E-state index is -0.238. The van der Waals surface area contributed by atoms with Crippen LogP contribution >= 0.6 is 12.4 Å². The van der Waals surface area contributed by atoms with Crippen molar-refractivity contribution < 1.29 is 9.47 Å². The van der Waals surface area contributed by atoms with E-state index in [1.54, 1.807) is 20.4 Å². The first kappa shape index (κ1) is 17.8. The first-order valence-corrected chi connectivity index (χ1v) is 7.84. The maximum atomic E-state index is 12.3. The lowest BCUT2D eigenvalue weighted by molar-refractivity contribution is 0.355. The summed E-state index contributed by atoms with van der Waals surface area (Å²) >= 11 is 0. The van der Waals surface area contributed by atoms with Crippen molar-refractivity contribution in [1.82, 2.24) is 9.55 Å². The van der Waals surface area contributed by atoms with E-state index in [0.717, 1.165) is 22.2 Å². The first-order valence-electron chi connectivity index (χ1n) is 7.84. The van der Waals surface area contributed by atoms with Crippen molar-refractivity contribution in [2.45, 2.75) is 0 Å². The number of fused-ring (bicyclic) bond motifs is 3. The molecule has 0 aliphatic carbocycles. The van der Waals surface area contributed by atoms with Crippen LogP contribution in [0.15, 0.2) is 65.7 Å². The van der Waals surface area contributed by atoms with E-state index in [1.165, 1.54) is 0 Å². The van der Waals surface area contributed by atoms with Gasteiger partial charge < -0.3 is 14.0 Å². The lowest BCUT2D eigenvalue weighted by Gasteiger charge is -2.17. The Hall–Kier alpha value is -3.05. The minimum absolute atomic E-state index is 0. The highest BCUT2D eigenvalue weighted by molar-refractivity contribution is 5.96. The lowest BCUT2D eigenvalue weighted by atomic mass is 10.0. The second-order valence-corrected chi connectivity index (χ2v) is 5.63. The number of aromatic nitrogens is 2. The molecule has 6 heteroatoms. The van der Waals surface area contributed by atoms with Gasteiger partial charge in [0.2, 0.25) is 0 Å². The Morgan fingerprint density at radius 2 is 1.69 bits per heavy atom. The van der Waals surface area contributed by atoms with E-state index in [0.29, 0.717) is 17.1 Å². The largest absolute Gasteiger partial charge is 0.493 e. The predicted octanol–water partition coefficient (Wildman–Crippen LogP) is 3.93. The average Bonchev–Trinajstić information content (AvgIpc) is 2.67. The maximum Gasteiger partial charge on any atom is 0.279 e. The average molecular weight is 369 g/mol. The molecule has 4 rings (SSSR count). The Morgan fingerprint density at radius 1 is 0.923 bits per heavy atom. The number of benzene rings is 2. The summed E-state index contributed by atoms with van der Waals surface area (Å²) in [5.41, 5.74) is 3.10. The van der Waals surface area contributed by atoms with Gasteiger partial charge in [0.05, 0.1) is 25.3 Å². The van der Waals surface area contributed by atoms with Crippen LogP contribution in [-0.4, -0.2) is 23.8 Å². The zero-order valence-electron chi connectivity index (χ0n) is 14.3. The summed E-state index contributed by atoms with van der Waals surface area (Å²) in [5.74, 6) is 1.29. The summed E-state index contributed by atoms with van der Waals surface area (Å²) in [6.07, 6.45) is 3.38. The van der Waals surface area contributed by atoms with Crippen molar-refractivity contribution in [3.05, 3.63) is 71.3 Å². The Bertz CT molecular complexity index is 1110. The van der Waals surface area contributed by atoms with E-state index >= 15 is 0 Å². The van der Waals surface area contributed by atoms with E-state index in [4.69, 9.17) is 9.47 Å². The molecule has 0 fully saturated rings. The number of hydrogen-bond acceptors (Lipinski definition) is 4. The van der Waals surface area contributed by atoms with Gasteiger partial charge >= 0.3 is 0 Å². The lowest BCUT2D eigenvalue weighted by Crippen LogP contribution is -2.12. The summed E-state index contributed by atoms with van der Waals surface area (Å²) in [6.45, 7) is 0. The number of ether oxygens (including phenoxy) is 2. The molecule has 0 spiro atoms. The van der Waals surface area contributed by atoms with Crippen molar-refractivity contribution in [3.63, 3.8) is 0 Å². The van der Waals surface area contributed by atoms with Gasteiger partial charge in [-0.1, -0.05) is 18.2 Å². The van der Waals surface area contributed by atoms with Crippen LogP contribution < -0.4 is 15.0 Å². The van der Waals surface area contributed by atoms with Gasteiger partial charge in [0.1, 0.15) is 0 Å². The van der Waals surface area contributed by atoms with Crippen molar-refractivity contribution in [1.29, 1.82) is 0 Å². The smallest absolute Gasteiger partial charge is 0.279 e. The molecule has 2 heterocycles. The molecular weight excluding hydrogens is 352 g/mol. The van der Waals surface area contributed by atoms with Crippen LogP contribution in [0.1, 0.15) is 0 Å². The van der Waals surface area contributed by atoms with Crippen LogP contribution in [0.4, 0.5) is 0 Å². The third-order valence-corrected chi connectivity index (χ3v) is 4.31. The van der Waals surface area contributed by atoms with Gasteiger partial charge in [-0.2, -0.15) is 0 Å². The minimum Gasteiger partial charge on any atom is -0.493 e. The fraction of sp³-hybridized carbons (Fsp3) is 0.100. The van der Waals surface area contributed by atoms with Crippen molar-refractivity contribution in [3.8, 4) is 28.3 Å². The Balaban J connectivity index is 0.00000196. The van der Waals surface area contributed by atoms with E-state index < -0.39 is 0 Å². The SMILES string of the molecule is COc1ccc(-n2cc3c(=O)nccc-3c3ccccc32)cc1OC.Cl. The zero-order chi connectivity index (χ0) is 17.4. The van der Waals surface area contributed by atoms with Gasteiger partial charge in [0, 0.05) is 29.5 Å². The van der Waals surface area contributed by atoms with Crippen molar-refractivity contribution in [2.75, 3.05) is 14.2 Å². The monoisotopic (exact) mass is 368 g/mol. The van der Waals surface area contributed by atoms with Gasteiger partial charge in [-0.15, -0.1) is 12.4 Å². The molecular formula is C20H17ClN2O3. The Labute approximate surface area is 156 Å².